The van der Waals surface area contributed by atoms with Crippen LogP contribution in [0.3, 0.4) is 0 Å². The molecule has 0 aliphatic carbocycles. The third kappa shape index (κ3) is 4.44. The molecule has 0 heterocycles. The van der Waals surface area contributed by atoms with E-state index in [1.165, 1.54) is 13.8 Å². The minimum absolute atomic E-state index is 0.440. The van der Waals surface area contributed by atoms with Gasteiger partial charge in [-0.05, 0) is 0 Å². The van der Waals surface area contributed by atoms with E-state index in [0.717, 1.165) is 0 Å². The molecule has 0 aromatic rings. The first-order valence-corrected chi connectivity index (χ1v) is 4.30. The van der Waals surface area contributed by atoms with Crippen LogP contribution in [0.15, 0.2) is 0 Å². The van der Waals surface area contributed by atoms with Crippen LogP contribution in [-0.2, 0) is 4.79 Å². The van der Waals surface area contributed by atoms with Crippen LogP contribution in [0.5, 0.6) is 0 Å². The molecule has 2 nitrogen and oxygen atoms in total. The predicted octanol–water partition coefficient (Wildman–Crippen LogP) is 2.35. The Kier molecular flexibility index (Phi) is 4.48. The minimum atomic E-state index is -5.56. The third-order valence-electron chi connectivity index (χ3n) is 1.68. The van der Waals surface area contributed by atoms with Gasteiger partial charge < -0.3 is 5.32 Å². The maximum absolute atomic E-state index is 12.3. The van der Waals surface area contributed by atoms with Crippen molar-refractivity contribution in [3.63, 3.8) is 0 Å². The van der Waals surface area contributed by atoms with Crippen molar-refractivity contribution in [3.05, 3.63) is 0 Å². The van der Waals surface area contributed by atoms with E-state index in [2.05, 4.69) is 0 Å². The van der Waals surface area contributed by atoms with Gasteiger partial charge in [0.25, 0.3) is 0 Å². The molecular weight excluding hydrogens is 221 g/mol. The smallest absolute Gasteiger partial charge is 0.356 e. The molecule has 0 atom stereocenters. The second kappa shape index (κ2) is 4.76. The quantitative estimate of drug-likeness (QED) is 0.742. The lowest BCUT2D eigenvalue weighted by Gasteiger charge is -2.19. The number of amides is 1. The molecule has 0 unspecified atom stereocenters. The number of hydrogen-bond acceptors (Lipinski definition) is 1. The molecule has 15 heavy (non-hydrogen) atoms. The van der Waals surface area contributed by atoms with Gasteiger partial charge >= 0.3 is 12.1 Å². The summed E-state index contributed by atoms with van der Waals surface area (Å²) in [4.78, 5) is 10.8. The van der Waals surface area contributed by atoms with Crippen LogP contribution in [0, 0.1) is 5.92 Å². The number of alkyl halides is 5. The molecule has 0 fully saturated rings. The minimum Gasteiger partial charge on any atom is -0.356 e. The van der Waals surface area contributed by atoms with Gasteiger partial charge in [0.05, 0.1) is 0 Å². The van der Waals surface area contributed by atoms with Gasteiger partial charge in [0.15, 0.2) is 0 Å². The summed E-state index contributed by atoms with van der Waals surface area (Å²) in [5, 5.41) is 1.99. The van der Waals surface area contributed by atoms with Crippen molar-refractivity contribution in [2.45, 2.75) is 32.4 Å². The molecule has 0 bridgehead atoms. The van der Waals surface area contributed by atoms with Gasteiger partial charge in [-0.3, -0.25) is 4.79 Å². The fourth-order valence-corrected chi connectivity index (χ4v) is 0.689. The Balaban J connectivity index is 4.02. The highest BCUT2D eigenvalue weighted by atomic mass is 19.4. The molecule has 1 amide bonds. The van der Waals surface area contributed by atoms with E-state index in [4.69, 9.17) is 0 Å². The average molecular weight is 233 g/mol. The average Bonchev–Trinajstić information content (AvgIpc) is 2.01. The van der Waals surface area contributed by atoms with E-state index < -0.39 is 36.9 Å². The van der Waals surface area contributed by atoms with E-state index in [0.29, 0.717) is 0 Å². The maximum Gasteiger partial charge on any atom is 0.453 e. The number of halogens is 5. The highest BCUT2D eigenvalue weighted by Crippen LogP contribution is 2.37. The van der Waals surface area contributed by atoms with E-state index in [1.54, 1.807) is 0 Å². The lowest BCUT2D eigenvalue weighted by Crippen LogP contribution is -2.40. The molecule has 0 spiro atoms. The van der Waals surface area contributed by atoms with Crippen LogP contribution in [0.1, 0.15) is 20.3 Å². The summed E-state index contributed by atoms with van der Waals surface area (Å²) in [7, 11) is 0. The molecule has 0 radical (unpaired) electrons. The molecule has 0 aromatic carbocycles. The molecule has 90 valence electrons. The van der Waals surface area contributed by atoms with Crippen LogP contribution in [0.4, 0.5) is 22.0 Å². The van der Waals surface area contributed by atoms with Gasteiger partial charge in [0, 0.05) is 18.9 Å². The first kappa shape index (κ1) is 14.1. The largest absolute Gasteiger partial charge is 0.453 e. The van der Waals surface area contributed by atoms with Crippen molar-refractivity contribution in [1.29, 1.82) is 0 Å². The summed E-state index contributed by atoms with van der Waals surface area (Å²) < 4.78 is 59.6. The Labute approximate surface area is 83.8 Å². The zero-order valence-electron chi connectivity index (χ0n) is 8.29. The third-order valence-corrected chi connectivity index (χ3v) is 1.68. The van der Waals surface area contributed by atoms with Gasteiger partial charge in [0.2, 0.25) is 5.91 Å². The SMILES string of the molecule is CC(C)C(=O)NCCC(F)(F)C(F)(F)F. The number of carbonyl (C=O) groups excluding carboxylic acids is 1. The van der Waals surface area contributed by atoms with Crippen LogP contribution in [-0.4, -0.2) is 24.6 Å². The second-order valence-electron chi connectivity index (χ2n) is 3.40. The van der Waals surface area contributed by atoms with Crippen LogP contribution >= 0.6 is 0 Å². The van der Waals surface area contributed by atoms with Gasteiger partial charge in [-0.15, -0.1) is 0 Å². The lowest BCUT2D eigenvalue weighted by molar-refractivity contribution is -0.283. The monoisotopic (exact) mass is 233 g/mol. The first-order valence-electron chi connectivity index (χ1n) is 4.30. The summed E-state index contributed by atoms with van der Waals surface area (Å²) in [6.45, 7) is 2.33. The van der Waals surface area contributed by atoms with Gasteiger partial charge in [0.1, 0.15) is 0 Å². The van der Waals surface area contributed by atoms with E-state index in [1.807, 2.05) is 5.32 Å². The predicted molar refractivity (Wildman–Crippen MR) is 43.5 cm³/mol. The van der Waals surface area contributed by atoms with Crippen LogP contribution in [0.25, 0.3) is 0 Å². The Bertz CT molecular complexity index is 224. The molecule has 0 rings (SSSR count). The summed E-state index contributed by atoms with van der Waals surface area (Å²) in [5.41, 5.74) is 0. The molecule has 1 N–H and O–H groups in total. The van der Waals surface area contributed by atoms with Crippen molar-refractivity contribution in [2.75, 3.05) is 6.54 Å². The summed E-state index contributed by atoms with van der Waals surface area (Å²) >= 11 is 0. The van der Waals surface area contributed by atoms with Gasteiger partial charge in [-0.25, -0.2) is 0 Å². The normalized spacial score (nSPS) is 13.1. The summed E-state index contributed by atoms with van der Waals surface area (Å²) in [6, 6.07) is 0. The van der Waals surface area contributed by atoms with Crippen LogP contribution in [0.2, 0.25) is 0 Å². The summed E-state index contributed by atoms with van der Waals surface area (Å²) in [6.07, 6.45) is -7.00. The summed E-state index contributed by atoms with van der Waals surface area (Å²) in [5.74, 6) is -5.74. The first-order chi connectivity index (χ1) is 6.58. The Morgan fingerprint density at radius 1 is 1.20 bits per heavy atom. The Morgan fingerprint density at radius 3 is 2.00 bits per heavy atom. The Hall–Kier alpha value is -0.880. The fourth-order valence-electron chi connectivity index (χ4n) is 0.689. The van der Waals surface area contributed by atoms with Crippen molar-refractivity contribution in [2.24, 2.45) is 5.92 Å². The zero-order chi connectivity index (χ0) is 12.3. The second-order valence-corrected chi connectivity index (χ2v) is 3.40. The van der Waals surface area contributed by atoms with Gasteiger partial charge in [-0.2, -0.15) is 22.0 Å². The van der Waals surface area contributed by atoms with Crippen molar-refractivity contribution in [1.82, 2.24) is 5.32 Å². The molecule has 0 saturated carbocycles. The highest BCUT2D eigenvalue weighted by molar-refractivity contribution is 5.77. The molecule has 0 saturated heterocycles. The number of hydrogen-bond donors (Lipinski definition) is 1. The van der Waals surface area contributed by atoms with Crippen molar-refractivity contribution < 1.29 is 26.7 Å². The number of nitrogens with one attached hydrogen (secondary N) is 1. The topological polar surface area (TPSA) is 29.1 Å². The fraction of sp³-hybridized carbons (Fsp3) is 0.875. The molecule has 0 aromatic heterocycles. The number of rotatable bonds is 4. The zero-order valence-corrected chi connectivity index (χ0v) is 8.29. The highest BCUT2D eigenvalue weighted by Gasteiger charge is 2.56. The van der Waals surface area contributed by atoms with Crippen LogP contribution < -0.4 is 5.32 Å². The lowest BCUT2D eigenvalue weighted by atomic mass is 10.2. The van der Waals surface area contributed by atoms with Crippen molar-refractivity contribution in [3.8, 4) is 0 Å². The molecular formula is C8H12F5NO. The van der Waals surface area contributed by atoms with E-state index >= 15 is 0 Å². The number of carbonyl (C=O) groups is 1. The van der Waals surface area contributed by atoms with E-state index in [9.17, 15) is 26.7 Å². The molecule has 0 aliphatic heterocycles. The molecule has 0 aliphatic rings. The van der Waals surface area contributed by atoms with E-state index in [-0.39, 0.29) is 0 Å². The maximum atomic E-state index is 12.3. The van der Waals surface area contributed by atoms with Crippen molar-refractivity contribution >= 4 is 5.91 Å². The Morgan fingerprint density at radius 2 is 1.67 bits per heavy atom. The standard InChI is InChI=1S/C8H12F5NO/c1-5(2)6(15)14-4-3-7(9,10)8(11,12)13/h5H,3-4H2,1-2H3,(H,14,15). The molecule has 7 heteroatoms. The van der Waals surface area contributed by atoms with Gasteiger partial charge in [-0.1, -0.05) is 13.8 Å².